The zero-order valence-electron chi connectivity index (χ0n) is 14.5. The van der Waals surface area contributed by atoms with E-state index >= 15 is 0 Å². The van der Waals surface area contributed by atoms with Crippen LogP contribution < -0.4 is 0 Å². The number of carbonyl (C=O) groups is 1. The highest BCUT2D eigenvalue weighted by Gasteiger charge is 2.03. The molecule has 3 rings (SSSR count). The Balaban J connectivity index is 1.68. The topological polar surface area (TPSA) is 50.2 Å². The summed E-state index contributed by atoms with van der Waals surface area (Å²) in [6, 6.07) is 22.3. The fourth-order valence-corrected chi connectivity index (χ4v) is 2.79. The van der Waals surface area contributed by atoms with Crippen molar-refractivity contribution in [2.24, 2.45) is 0 Å². The summed E-state index contributed by atoms with van der Waals surface area (Å²) in [4.78, 5) is 15.8. The number of rotatable bonds is 7. The first-order valence-electron chi connectivity index (χ1n) is 8.66. The van der Waals surface area contributed by atoms with Crippen molar-refractivity contribution in [2.45, 2.75) is 12.8 Å². The van der Waals surface area contributed by atoms with Crippen LogP contribution in [0.3, 0.4) is 0 Å². The molecule has 3 aromatic rings. The van der Waals surface area contributed by atoms with Crippen molar-refractivity contribution >= 4 is 11.9 Å². The van der Waals surface area contributed by atoms with Gasteiger partial charge in [0.25, 0.3) is 0 Å². The van der Waals surface area contributed by atoms with Crippen molar-refractivity contribution in [3.05, 3.63) is 95.7 Å². The lowest BCUT2D eigenvalue weighted by molar-refractivity contribution is -0.117. The van der Waals surface area contributed by atoms with Gasteiger partial charge in [0, 0.05) is 11.8 Å². The molecule has 3 nitrogen and oxygen atoms in total. The van der Waals surface area contributed by atoms with Gasteiger partial charge in [-0.25, -0.2) is 0 Å². The van der Waals surface area contributed by atoms with Gasteiger partial charge in [0.1, 0.15) is 6.61 Å². The average Bonchev–Trinajstić information content (AvgIpc) is 2.72. The Morgan fingerprint density at radius 1 is 0.923 bits per heavy atom. The lowest BCUT2D eigenvalue weighted by Crippen LogP contribution is -1.99. The first kappa shape index (κ1) is 17.8. The number of carbonyl (C=O) groups excluding carboxylic acids is 1. The third kappa shape index (κ3) is 4.74. The van der Waals surface area contributed by atoms with Gasteiger partial charge in [-0.15, -0.1) is 0 Å². The van der Waals surface area contributed by atoms with Gasteiger partial charge < -0.3 is 5.11 Å². The van der Waals surface area contributed by atoms with Gasteiger partial charge in [0.05, 0.1) is 5.69 Å². The van der Waals surface area contributed by atoms with Crippen LogP contribution in [0.5, 0.6) is 0 Å². The van der Waals surface area contributed by atoms with Crippen LogP contribution >= 0.6 is 0 Å². The van der Waals surface area contributed by atoms with Crippen molar-refractivity contribution in [1.29, 1.82) is 0 Å². The van der Waals surface area contributed by atoms with Gasteiger partial charge in [-0.2, -0.15) is 0 Å². The predicted molar refractivity (Wildman–Crippen MR) is 105 cm³/mol. The molecule has 3 heteroatoms. The number of hydrogen-bond acceptors (Lipinski definition) is 3. The maximum atomic E-state index is 11.3. The third-order valence-corrected chi connectivity index (χ3v) is 4.24. The molecule has 0 atom stereocenters. The number of nitrogens with zero attached hydrogens (tertiary/aromatic N) is 1. The Labute approximate surface area is 153 Å². The SMILES string of the molecule is O=C(/C=C/c1ccccc1CCc1ccc(-c2ccccc2)nc1)CO. The molecular formula is C23H21NO2. The summed E-state index contributed by atoms with van der Waals surface area (Å²) in [5.41, 5.74) is 5.43. The van der Waals surface area contributed by atoms with E-state index in [1.165, 1.54) is 17.2 Å². The molecule has 1 heterocycles. The average molecular weight is 343 g/mol. The second kappa shape index (κ2) is 8.88. The number of hydrogen-bond donors (Lipinski definition) is 1. The zero-order chi connectivity index (χ0) is 18.2. The van der Waals surface area contributed by atoms with Crippen LogP contribution in [0.4, 0.5) is 0 Å². The van der Waals surface area contributed by atoms with Crippen LogP contribution in [0.15, 0.2) is 79.0 Å². The van der Waals surface area contributed by atoms with E-state index in [4.69, 9.17) is 5.11 Å². The minimum atomic E-state index is -0.460. The summed E-state index contributed by atoms with van der Waals surface area (Å²) in [6.07, 6.45) is 6.86. The molecule has 0 amide bonds. The first-order valence-corrected chi connectivity index (χ1v) is 8.66. The Morgan fingerprint density at radius 3 is 2.42 bits per heavy atom. The van der Waals surface area contributed by atoms with Crippen molar-refractivity contribution in [1.82, 2.24) is 4.98 Å². The molecule has 0 saturated carbocycles. The van der Waals surface area contributed by atoms with Gasteiger partial charge in [-0.05, 0) is 41.7 Å². The fraction of sp³-hybridized carbons (Fsp3) is 0.130. The highest BCUT2D eigenvalue weighted by atomic mass is 16.3. The molecule has 0 aliphatic carbocycles. The van der Waals surface area contributed by atoms with E-state index < -0.39 is 6.61 Å². The molecule has 0 fully saturated rings. The number of aromatic nitrogens is 1. The van der Waals surface area contributed by atoms with Crippen LogP contribution in [-0.2, 0) is 17.6 Å². The maximum Gasteiger partial charge on any atom is 0.181 e. The number of benzene rings is 2. The van der Waals surface area contributed by atoms with Crippen molar-refractivity contribution in [2.75, 3.05) is 6.61 Å². The van der Waals surface area contributed by atoms with E-state index in [2.05, 4.69) is 35.3 Å². The Kier molecular flexibility index (Phi) is 6.07. The smallest absolute Gasteiger partial charge is 0.181 e. The van der Waals surface area contributed by atoms with Crippen molar-refractivity contribution < 1.29 is 9.90 Å². The minimum absolute atomic E-state index is 0.291. The van der Waals surface area contributed by atoms with Crippen LogP contribution in [0.2, 0.25) is 0 Å². The molecule has 26 heavy (non-hydrogen) atoms. The lowest BCUT2D eigenvalue weighted by atomic mass is 9.99. The van der Waals surface area contributed by atoms with E-state index in [1.807, 2.05) is 42.6 Å². The first-order chi connectivity index (χ1) is 12.8. The molecule has 1 N–H and O–H groups in total. The van der Waals surface area contributed by atoms with Crippen LogP contribution in [0.1, 0.15) is 16.7 Å². The van der Waals surface area contributed by atoms with Crippen LogP contribution in [-0.4, -0.2) is 22.5 Å². The highest BCUT2D eigenvalue weighted by Crippen LogP contribution is 2.18. The summed E-state index contributed by atoms with van der Waals surface area (Å²) in [5.74, 6) is -0.291. The number of pyridine rings is 1. The van der Waals surface area contributed by atoms with Gasteiger partial charge in [-0.1, -0.05) is 66.7 Å². The van der Waals surface area contributed by atoms with Gasteiger partial charge >= 0.3 is 0 Å². The Bertz CT molecular complexity index is 884. The molecule has 0 saturated heterocycles. The largest absolute Gasteiger partial charge is 0.388 e. The molecule has 0 aliphatic heterocycles. The summed E-state index contributed by atoms with van der Waals surface area (Å²) >= 11 is 0. The molecule has 0 radical (unpaired) electrons. The monoisotopic (exact) mass is 343 g/mol. The summed E-state index contributed by atoms with van der Waals surface area (Å²) < 4.78 is 0. The van der Waals surface area contributed by atoms with E-state index in [9.17, 15) is 4.79 Å². The maximum absolute atomic E-state index is 11.3. The third-order valence-electron chi connectivity index (χ3n) is 4.24. The van der Waals surface area contributed by atoms with E-state index in [0.717, 1.165) is 29.7 Å². The van der Waals surface area contributed by atoms with Crippen LogP contribution in [0, 0.1) is 0 Å². The fourth-order valence-electron chi connectivity index (χ4n) is 2.79. The highest BCUT2D eigenvalue weighted by molar-refractivity contribution is 5.94. The summed E-state index contributed by atoms with van der Waals surface area (Å²) in [5, 5.41) is 8.83. The van der Waals surface area contributed by atoms with Gasteiger partial charge in [0.2, 0.25) is 0 Å². The molecule has 0 unspecified atom stereocenters. The second-order valence-electron chi connectivity index (χ2n) is 6.07. The zero-order valence-corrected chi connectivity index (χ0v) is 14.5. The number of aryl methyl sites for hydroxylation is 2. The van der Waals surface area contributed by atoms with Crippen LogP contribution in [0.25, 0.3) is 17.3 Å². The summed E-state index contributed by atoms with van der Waals surface area (Å²) in [7, 11) is 0. The molecule has 2 aromatic carbocycles. The molecule has 0 aliphatic rings. The standard InChI is InChI=1S/C23H21NO2/c25-17-22(26)14-13-20-7-5-4-6-19(20)12-10-18-11-15-23(24-16-18)21-8-2-1-3-9-21/h1-9,11,13-16,25H,10,12,17H2/b14-13+. The predicted octanol–water partition coefficient (Wildman–Crippen LogP) is 4.11. The normalized spacial score (nSPS) is 11.0. The number of aliphatic hydroxyl groups excluding tert-OH is 1. The van der Waals surface area contributed by atoms with E-state index in [-0.39, 0.29) is 5.78 Å². The van der Waals surface area contributed by atoms with E-state index in [1.54, 1.807) is 6.08 Å². The quantitative estimate of drug-likeness (QED) is 0.657. The second-order valence-corrected chi connectivity index (χ2v) is 6.07. The molecule has 0 spiro atoms. The molecular weight excluding hydrogens is 322 g/mol. The minimum Gasteiger partial charge on any atom is -0.388 e. The van der Waals surface area contributed by atoms with Crippen molar-refractivity contribution in [3.8, 4) is 11.3 Å². The molecule has 130 valence electrons. The van der Waals surface area contributed by atoms with Gasteiger partial charge in [0.15, 0.2) is 5.78 Å². The van der Waals surface area contributed by atoms with E-state index in [0.29, 0.717) is 0 Å². The van der Waals surface area contributed by atoms with Gasteiger partial charge in [-0.3, -0.25) is 9.78 Å². The number of ketones is 1. The number of aliphatic hydroxyl groups is 1. The Morgan fingerprint density at radius 2 is 1.69 bits per heavy atom. The molecule has 0 bridgehead atoms. The lowest BCUT2D eigenvalue weighted by Gasteiger charge is -2.07. The van der Waals surface area contributed by atoms with Crippen molar-refractivity contribution in [3.63, 3.8) is 0 Å². The molecule has 1 aromatic heterocycles. The Hall–Kier alpha value is -3.04. The summed E-state index contributed by atoms with van der Waals surface area (Å²) in [6.45, 7) is -0.460.